The molecule has 3 rings (SSSR count). The van der Waals surface area contributed by atoms with Crippen LogP contribution < -0.4 is 15.5 Å². The average molecular weight is 368 g/mol. The van der Waals surface area contributed by atoms with Gasteiger partial charge in [0, 0.05) is 55.1 Å². The Morgan fingerprint density at radius 3 is 2.59 bits per heavy atom. The second-order valence-electron chi connectivity index (χ2n) is 6.23. The number of rotatable bonds is 7. The van der Waals surface area contributed by atoms with Crippen LogP contribution in [0.1, 0.15) is 19.3 Å². The molecular weight excluding hydrogens is 348 g/mol. The van der Waals surface area contributed by atoms with Crippen LogP contribution in [0.15, 0.2) is 48.5 Å². The van der Waals surface area contributed by atoms with Crippen LogP contribution in [0, 0.1) is 10.1 Å². The van der Waals surface area contributed by atoms with Gasteiger partial charge in [0.1, 0.15) is 0 Å². The molecule has 0 aromatic heterocycles. The van der Waals surface area contributed by atoms with E-state index in [0.29, 0.717) is 24.3 Å². The van der Waals surface area contributed by atoms with E-state index in [1.54, 1.807) is 29.2 Å². The van der Waals surface area contributed by atoms with Gasteiger partial charge in [0.2, 0.25) is 11.8 Å². The summed E-state index contributed by atoms with van der Waals surface area (Å²) in [6.07, 6.45) is 1.67. The van der Waals surface area contributed by atoms with Crippen molar-refractivity contribution in [3.05, 3.63) is 58.6 Å². The minimum Gasteiger partial charge on any atom is -0.384 e. The molecule has 2 aromatic rings. The number of anilines is 3. The summed E-state index contributed by atoms with van der Waals surface area (Å²) in [4.78, 5) is 35.8. The van der Waals surface area contributed by atoms with Crippen molar-refractivity contribution in [2.45, 2.75) is 19.3 Å². The van der Waals surface area contributed by atoms with Crippen LogP contribution >= 0.6 is 0 Å². The third-order valence-electron chi connectivity index (χ3n) is 4.27. The molecule has 1 heterocycles. The zero-order valence-electron chi connectivity index (χ0n) is 14.7. The first-order chi connectivity index (χ1) is 13.0. The zero-order chi connectivity index (χ0) is 19.2. The first kappa shape index (κ1) is 18.4. The van der Waals surface area contributed by atoms with E-state index < -0.39 is 4.92 Å². The van der Waals surface area contributed by atoms with Crippen LogP contribution in [0.3, 0.4) is 0 Å². The summed E-state index contributed by atoms with van der Waals surface area (Å²) in [7, 11) is 0. The third kappa shape index (κ3) is 4.81. The van der Waals surface area contributed by atoms with Gasteiger partial charge in [-0.05, 0) is 36.8 Å². The van der Waals surface area contributed by atoms with E-state index in [-0.39, 0.29) is 23.9 Å². The number of benzene rings is 2. The molecule has 0 aliphatic carbocycles. The lowest BCUT2D eigenvalue weighted by atomic mass is 10.2. The molecule has 140 valence electrons. The maximum atomic E-state index is 12.0. The zero-order valence-corrected chi connectivity index (χ0v) is 14.7. The number of nitro groups is 1. The average Bonchev–Trinajstić information content (AvgIpc) is 3.08. The topological polar surface area (TPSA) is 105 Å². The van der Waals surface area contributed by atoms with Gasteiger partial charge in [-0.2, -0.15) is 0 Å². The fourth-order valence-corrected chi connectivity index (χ4v) is 2.92. The SMILES string of the molecule is O=C(CCNc1cccc([N+](=O)[O-])c1)Nc1ccc(N2CCCC2=O)cc1. The van der Waals surface area contributed by atoms with E-state index in [2.05, 4.69) is 10.6 Å². The van der Waals surface area contributed by atoms with E-state index in [9.17, 15) is 19.7 Å². The predicted molar refractivity (Wildman–Crippen MR) is 103 cm³/mol. The molecule has 0 radical (unpaired) electrons. The van der Waals surface area contributed by atoms with Crippen molar-refractivity contribution < 1.29 is 14.5 Å². The molecule has 1 fully saturated rings. The van der Waals surface area contributed by atoms with Crippen LogP contribution in [0.2, 0.25) is 0 Å². The fraction of sp³-hybridized carbons (Fsp3) is 0.263. The van der Waals surface area contributed by atoms with Crippen molar-refractivity contribution in [1.82, 2.24) is 0 Å². The predicted octanol–water partition coefficient (Wildman–Crippen LogP) is 3.16. The highest BCUT2D eigenvalue weighted by atomic mass is 16.6. The Morgan fingerprint density at radius 2 is 1.93 bits per heavy atom. The van der Waals surface area contributed by atoms with E-state index >= 15 is 0 Å². The molecule has 0 bridgehead atoms. The van der Waals surface area contributed by atoms with Crippen LogP contribution in [0.5, 0.6) is 0 Å². The minimum absolute atomic E-state index is 0.000949. The number of nitrogens with one attached hydrogen (secondary N) is 2. The third-order valence-corrected chi connectivity index (χ3v) is 4.27. The largest absolute Gasteiger partial charge is 0.384 e. The number of carbonyl (C=O) groups excluding carboxylic acids is 2. The first-order valence-corrected chi connectivity index (χ1v) is 8.71. The summed E-state index contributed by atoms with van der Waals surface area (Å²) in [5.41, 5.74) is 2.09. The Bertz CT molecular complexity index is 851. The molecule has 0 atom stereocenters. The summed E-state index contributed by atoms with van der Waals surface area (Å²) in [5.74, 6) is -0.0445. The summed E-state index contributed by atoms with van der Waals surface area (Å²) < 4.78 is 0. The van der Waals surface area contributed by atoms with Crippen LogP contribution in [-0.2, 0) is 9.59 Å². The number of nitrogens with zero attached hydrogens (tertiary/aromatic N) is 2. The number of hydrogen-bond donors (Lipinski definition) is 2. The van der Waals surface area contributed by atoms with Crippen molar-refractivity contribution in [3.63, 3.8) is 0 Å². The molecule has 27 heavy (non-hydrogen) atoms. The Labute approximate surface area is 156 Å². The van der Waals surface area contributed by atoms with E-state index in [1.807, 2.05) is 12.1 Å². The van der Waals surface area contributed by atoms with E-state index in [4.69, 9.17) is 0 Å². The van der Waals surface area contributed by atoms with E-state index in [0.717, 1.165) is 18.7 Å². The van der Waals surface area contributed by atoms with Crippen molar-refractivity contribution in [2.24, 2.45) is 0 Å². The Morgan fingerprint density at radius 1 is 1.15 bits per heavy atom. The lowest BCUT2D eigenvalue weighted by molar-refractivity contribution is -0.384. The Kier molecular flexibility index (Phi) is 5.65. The second kappa shape index (κ2) is 8.31. The smallest absolute Gasteiger partial charge is 0.271 e. The van der Waals surface area contributed by atoms with Crippen molar-refractivity contribution in [2.75, 3.05) is 28.6 Å². The van der Waals surface area contributed by atoms with Crippen LogP contribution in [-0.4, -0.2) is 29.8 Å². The van der Waals surface area contributed by atoms with Gasteiger partial charge in [0.05, 0.1) is 4.92 Å². The number of non-ortho nitro benzene ring substituents is 1. The van der Waals surface area contributed by atoms with Gasteiger partial charge < -0.3 is 15.5 Å². The highest BCUT2D eigenvalue weighted by Crippen LogP contribution is 2.23. The maximum absolute atomic E-state index is 12.0. The number of amides is 2. The molecular formula is C19H20N4O4. The molecule has 8 heteroatoms. The lowest BCUT2D eigenvalue weighted by Gasteiger charge is -2.16. The van der Waals surface area contributed by atoms with Crippen molar-refractivity contribution in [1.29, 1.82) is 0 Å². The summed E-state index contributed by atoms with van der Waals surface area (Å²) in [6, 6.07) is 13.3. The van der Waals surface area contributed by atoms with Gasteiger partial charge in [0.25, 0.3) is 5.69 Å². The van der Waals surface area contributed by atoms with Gasteiger partial charge in [0.15, 0.2) is 0 Å². The van der Waals surface area contributed by atoms with Gasteiger partial charge in [-0.1, -0.05) is 6.07 Å². The Balaban J connectivity index is 1.47. The monoisotopic (exact) mass is 368 g/mol. The van der Waals surface area contributed by atoms with E-state index in [1.165, 1.54) is 12.1 Å². The molecule has 2 aromatic carbocycles. The minimum atomic E-state index is -0.461. The molecule has 2 amide bonds. The molecule has 1 saturated heterocycles. The van der Waals surface area contributed by atoms with Gasteiger partial charge in [-0.3, -0.25) is 19.7 Å². The van der Waals surface area contributed by atoms with Crippen LogP contribution in [0.25, 0.3) is 0 Å². The normalized spacial score (nSPS) is 13.5. The number of hydrogen-bond acceptors (Lipinski definition) is 5. The quantitative estimate of drug-likeness (QED) is 0.577. The second-order valence-corrected chi connectivity index (χ2v) is 6.23. The molecule has 0 unspecified atom stereocenters. The maximum Gasteiger partial charge on any atom is 0.271 e. The van der Waals surface area contributed by atoms with Gasteiger partial charge in [-0.15, -0.1) is 0 Å². The molecule has 0 saturated carbocycles. The Hall–Kier alpha value is -3.42. The summed E-state index contributed by atoms with van der Waals surface area (Å²) in [6.45, 7) is 1.08. The molecule has 1 aliphatic rings. The number of carbonyl (C=O) groups is 2. The molecule has 8 nitrogen and oxygen atoms in total. The fourth-order valence-electron chi connectivity index (χ4n) is 2.92. The highest BCUT2D eigenvalue weighted by molar-refractivity contribution is 5.96. The summed E-state index contributed by atoms with van der Waals surface area (Å²) >= 11 is 0. The molecule has 1 aliphatic heterocycles. The summed E-state index contributed by atoms with van der Waals surface area (Å²) in [5, 5.41) is 16.6. The first-order valence-electron chi connectivity index (χ1n) is 8.71. The van der Waals surface area contributed by atoms with Crippen molar-refractivity contribution >= 4 is 34.6 Å². The van der Waals surface area contributed by atoms with Gasteiger partial charge in [-0.25, -0.2) is 0 Å². The van der Waals surface area contributed by atoms with Crippen molar-refractivity contribution in [3.8, 4) is 0 Å². The molecule has 0 spiro atoms. The van der Waals surface area contributed by atoms with Crippen LogP contribution in [0.4, 0.5) is 22.7 Å². The van der Waals surface area contributed by atoms with Gasteiger partial charge >= 0.3 is 0 Å². The standard InChI is InChI=1S/C19H20N4O4/c24-18(10-11-20-15-3-1-4-17(13-15)23(26)27)21-14-6-8-16(9-7-14)22-12-2-5-19(22)25/h1,3-4,6-9,13,20H,2,5,10-12H2,(H,21,24). The lowest BCUT2D eigenvalue weighted by Crippen LogP contribution is -2.23. The molecule has 2 N–H and O–H groups in total. The number of nitro benzene ring substituents is 1. The highest BCUT2D eigenvalue weighted by Gasteiger charge is 2.21.